The number of benzene rings is 1. The van der Waals surface area contributed by atoms with Crippen molar-refractivity contribution in [2.75, 3.05) is 26.2 Å². The lowest BCUT2D eigenvalue weighted by atomic mass is 10.2. The lowest BCUT2D eigenvalue weighted by Crippen LogP contribution is -2.50. The molecule has 1 aromatic heterocycles. The quantitative estimate of drug-likeness (QED) is 0.634. The highest BCUT2D eigenvalue weighted by molar-refractivity contribution is 9.10. The molecule has 0 radical (unpaired) electrons. The number of halogens is 3. The zero-order valence-corrected chi connectivity index (χ0v) is 17.3. The number of sulfonamides is 1. The van der Waals surface area contributed by atoms with E-state index in [4.69, 9.17) is 23.2 Å². The summed E-state index contributed by atoms with van der Waals surface area (Å²) < 4.78 is 27.5. The number of pyridine rings is 1. The summed E-state index contributed by atoms with van der Waals surface area (Å²) in [5.41, 5.74) is 0.281. The highest BCUT2D eigenvalue weighted by atomic mass is 79.9. The Morgan fingerprint density at radius 2 is 1.77 bits per heavy atom. The third kappa shape index (κ3) is 3.89. The molecular formula is C16H14BrCl2N3O3S. The maximum atomic E-state index is 12.8. The van der Waals surface area contributed by atoms with E-state index in [9.17, 15) is 13.2 Å². The third-order valence-electron chi connectivity index (χ3n) is 4.02. The molecule has 1 aromatic carbocycles. The van der Waals surface area contributed by atoms with Crippen molar-refractivity contribution in [3.8, 4) is 0 Å². The number of amides is 1. The number of hydrogen-bond acceptors (Lipinski definition) is 4. The minimum atomic E-state index is -3.70. The Morgan fingerprint density at radius 3 is 2.42 bits per heavy atom. The van der Waals surface area contributed by atoms with Gasteiger partial charge in [0.05, 0.1) is 10.6 Å². The first-order valence-electron chi connectivity index (χ1n) is 7.65. The zero-order chi connectivity index (χ0) is 18.9. The van der Waals surface area contributed by atoms with Gasteiger partial charge in [0.2, 0.25) is 10.0 Å². The van der Waals surface area contributed by atoms with Crippen LogP contribution >= 0.6 is 39.1 Å². The zero-order valence-electron chi connectivity index (χ0n) is 13.4. The fraction of sp³-hybridized carbons (Fsp3) is 0.250. The second-order valence-electron chi connectivity index (χ2n) is 5.62. The van der Waals surface area contributed by atoms with Gasteiger partial charge in [-0.05, 0) is 34.1 Å². The van der Waals surface area contributed by atoms with Crippen LogP contribution in [-0.2, 0) is 10.0 Å². The molecule has 1 amide bonds. The third-order valence-corrected chi connectivity index (χ3v) is 7.15. The smallest absolute Gasteiger partial charge is 0.257 e. The van der Waals surface area contributed by atoms with E-state index < -0.39 is 10.0 Å². The second-order valence-corrected chi connectivity index (χ2v) is 9.21. The van der Waals surface area contributed by atoms with E-state index in [0.717, 1.165) is 0 Å². The van der Waals surface area contributed by atoms with E-state index in [1.54, 1.807) is 23.1 Å². The Labute approximate surface area is 169 Å². The number of piperazine rings is 1. The van der Waals surface area contributed by atoms with Gasteiger partial charge in [-0.15, -0.1) is 0 Å². The van der Waals surface area contributed by atoms with Crippen molar-refractivity contribution >= 4 is 55.1 Å². The standard InChI is InChI=1S/C16H14BrCl2N3O3S/c17-11-9-12(15(19)20-10-11)16(23)21-5-7-22(8-6-21)26(24,25)14-4-2-1-3-13(14)18/h1-4,9-10H,5-8H2. The molecule has 0 aliphatic carbocycles. The molecule has 0 atom stereocenters. The van der Waals surface area contributed by atoms with Crippen molar-refractivity contribution in [3.63, 3.8) is 0 Å². The van der Waals surface area contributed by atoms with Gasteiger partial charge < -0.3 is 4.90 Å². The first-order chi connectivity index (χ1) is 12.3. The maximum absolute atomic E-state index is 12.8. The van der Waals surface area contributed by atoms with E-state index in [1.165, 1.54) is 22.6 Å². The van der Waals surface area contributed by atoms with Crippen LogP contribution in [0.1, 0.15) is 10.4 Å². The highest BCUT2D eigenvalue weighted by Gasteiger charge is 2.32. The van der Waals surface area contributed by atoms with Crippen LogP contribution in [-0.4, -0.2) is 54.7 Å². The molecule has 138 valence electrons. The monoisotopic (exact) mass is 477 g/mol. The van der Waals surface area contributed by atoms with Crippen molar-refractivity contribution in [1.82, 2.24) is 14.2 Å². The summed E-state index contributed by atoms with van der Waals surface area (Å²) in [6.07, 6.45) is 1.51. The molecule has 6 nitrogen and oxygen atoms in total. The van der Waals surface area contributed by atoms with Gasteiger partial charge in [0, 0.05) is 36.8 Å². The molecule has 10 heteroatoms. The van der Waals surface area contributed by atoms with Gasteiger partial charge in [-0.3, -0.25) is 4.79 Å². The average molecular weight is 479 g/mol. The summed E-state index contributed by atoms with van der Waals surface area (Å²) in [6, 6.07) is 7.91. The van der Waals surface area contributed by atoms with Crippen LogP contribution in [0.3, 0.4) is 0 Å². The molecule has 1 aliphatic rings. The molecule has 1 saturated heterocycles. The van der Waals surface area contributed by atoms with Crippen LogP contribution < -0.4 is 0 Å². The van der Waals surface area contributed by atoms with Gasteiger partial charge in [0.25, 0.3) is 5.91 Å². The summed E-state index contributed by atoms with van der Waals surface area (Å²) >= 11 is 15.3. The van der Waals surface area contributed by atoms with Crippen LogP contribution in [0.25, 0.3) is 0 Å². The second kappa shape index (κ2) is 7.82. The number of carbonyl (C=O) groups is 1. The molecule has 26 heavy (non-hydrogen) atoms. The van der Waals surface area contributed by atoms with Crippen molar-refractivity contribution in [2.45, 2.75) is 4.90 Å². The summed E-state index contributed by atoms with van der Waals surface area (Å²) in [6.45, 7) is 0.868. The van der Waals surface area contributed by atoms with Crippen LogP contribution in [0.5, 0.6) is 0 Å². The van der Waals surface area contributed by atoms with Crippen LogP contribution in [0.4, 0.5) is 0 Å². The molecule has 2 heterocycles. The predicted octanol–water partition coefficient (Wildman–Crippen LogP) is 3.30. The molecule has 0 saturated carbocycles. The Kier molecular flexibility index (Phi) is 5.88. The van der Waals surface area contributed by atoms with Crippen molar-refractivity contribution in [1.29, 1.82) is 0 Å². The Bertz CT molecular complexity index is 948. The van der Waals surface area contributed by atoms with Gasteiger partial charge in [-0.2, -0.15) is 4.31 Å². The van der Waals surface area contributed by atoms with Crippen molar-refractivity contribution in [3.05, 3.63) is 56.7 Å². The summed E-state index contributed by atoms with van der Waals surface area (Å²) in [5, 5.41) is 0.294. The fourth-order valence-corrected chi connectivity index (χ4v) is 5.10. The molecule has 2 aromatic rings. The molecular weight excluding hydrogens is 465 g/mol. The van der Waals surface area contributed by atoms with Crippen LogP contribution in [0.2, 0.25) is 10.2 Å². The highest BCUT2D eigenvalue weighted by Crippen LogP contribution is 2.26. The Balaban J connectivity index is 1.74. The van der Waals surface area contributed by atoms with E-state index in [1.807, 2.05) is 0 Å². The van der Waals surface area contributed by atoms with Gasteiger partial charge in [-0.1, -0.05) is 35.3 Å². The van der Waals surface area contributed by atoms with Crippen molar-refractivity contribution in [2.24, 2.45) is 0 Å². The summed E-state index contributed by atoms with van der Waals surface area (Å²) in [4.78, 5) is 18.2. The minimum absolute atomic E-state index is 0.0701. The minimum Gasteiger partial charge on any atom is -0.336 e. The molecule has 0 unspecified atom stereocenters. The van der Waals surface area contributed by atoms with Gasteiger partial charge in [-0.25, -0.2) is 13.4 Å². The normalized spacial score (nSPS) is 15.9. The molecule has 0 N–H and O–H groups in total. The van der Waals surface area contributed by atoms with Crippen molar-refractivity contribution < 1.29 is 13.2 Å². The molecule has 0 bridgehead atoms. The molecule has 3 rings (SSSR count). The largest absolute Gasteiger partial charge is 0.336 e. The van der Waals surface area contributed by atoms with E-state index in [-0.39, 0.29) is 52.7 Å². The fourth-order valence-electron chi connectivity index (χ4n) is 2.67. The van der Waals surface area contributed by atoms with Gasteiger partial charge in [0.15, 0.2) is 0 Å². The van der Waals surface area contributed by atoms with Gasteiger partial charge in [0.1, 0.15) is 10.0 Å². The first kappa shape index (κ1) is 19.6. The lowest BCUT2D eigenvalue weighted by molar-refractivity contribution is 0.0697. The molecule has 0 spiro atoms. The van der Waals surface area contributed by atoms with Gasteiger partial charge >= 0.3 is 0 Å². The van der Waals surface area contributed by atoms with E-state index >= 15 is 0 Å². The Morgan fingerprint density at radius 1 is 1.12 bits per heavy atom. The summed E-state index contributed by atoms with van der Waals surface area (Å²) in [7, 11) is -3.70. The number of hydrogen-bond donors (Lipinski definition) is 0. The summed E-state index contributed by atoms with van der Waals surface area (Å²) in [5.74, 6) is -0.279. The number of aromatic nitrogens is 1. The Hall–Kier alpha value is -1.19. The van der Waals surface area contributed by atoms with E-state index in [2.05, 4.69) is 20.9 Å². The topological polar surface area (TPSA) is 70.6 Å². The van der Waals surface area contributed by atoms with Crippen LogP contribution in [0, 0.1) is 0 Å². The van der Waals surface area contributed by atoms with Crippen LogP contribution in [0.15, 0.2) is 45.9 Å². The number of carbonyl (C=O) groups excluding carboxylic acids is 1. The average Bonchev–Trinajstić information content (AvgIpc) is 2.63. The number of nitrogens with zero attached hydrogens (tertiary/aromatic N) is 3. The SMILES string of the molecule is O=C(c1cc(Br)cnc1Cl)N1CCN(S(=O)(=O)c2ccccc2Cl)CC1. The van der Waals surface area contributed by atoms with E-state index in [0.29, 0.717) is 4.47 Å². The maximum Gasteiger partial charge on any atom is 0.257 e. The molecule has 1 fully saturated rings. The molecule has 1 aliphatic heterocycles. The predicted molar refractivity (Wildman–Crippen MR) is 103 cm³/mol. The first-order valence-corrected chi connectivity index (χ1v) is 10.6. The number of rotatable bonds is 3. The lowest BCUT2D eigenvalue weighted by Gasteiger charge is -2.34.